The second-order valence-corrected chi connectivity index (χ2v) is 10.6. The third-order valence-corrected chi connectivity index (χ3v) is 8.19. The van der Waals surface area contributed by atoms with Gasteiger partial charge >= 0.3 is 5.97 Å². The molecule has 0 aromatic heterocycles. The predicted octanol–water partition coefficient (Wildman–Crippen LogP) is 3.09. The summed E-state index contributed by atoms with van der Waals surface area (Å²) in [5.74, 6) is -2.78. The molecule has 1 aromatic carbocycles. The monoisotopic (exact) mass is 510 g/mol. The number of rotatable bonds is 11. The van der Waals surface area contributed by atoms with Crippen LogP contribution in [0.1, 0.15) is 43.7 Å². The second kappa shape index (κ2) is 10.4. The average Bonchev–Trinajstić information content (AvgIpc) is 3.42. The number of carbonyl (C=O) groups is 3. The van der Waals surface area contributed by atoms with Crippen molar-refractivity contribution in [3.63, 3.8) is 0 Å². The maximum Gasteiger partial charge on any atom is 0.312 e. The Morgan fingerprint density at radius 2 is 1.95 bits per heavy atom. The predicted molar refractivity (Wildman–Crippen MR) is 140 cm³/mol. The SMILES string of the molecule is C=CCCCOC(=O)[C@@H]1[C@H]2C(=O)N(CCO)C(C(=O)N(CC=C)c3c(C)cccc3C)C23CC[C@@]1(C)O3. The molecule has 2 bridgehead atoms. The molecular formula is C29H38N2O6. The van der Waals surface area contributed by atoms with Crippen LogP contribution in [0.15, 0.2) is 43.5 Å². The van der Waals surface area contributed by atoms with Gasteiger partial charge in [-0.25, -0.2) is 0 Å². The Bertz CT molecular complexity index is 1080. The Kier molecular flexibility index (Phi) is 7.62. The number of amides is 2. The number of ether oxygens (including phenoxy) is 2. The normalized spacial score (nSPS) is 29.8. The van der Waals surface area contributed by atoms with Gasteiger partial charge in [0.15, 0.2) is 0 Å². The van der Waals surface area contributed by atoms with E-state index in [2.05, 4.69) is 13.2 Å². The van der Waals surface area contributed by atoms with Gasteiger partial charge in [0, 0.05) is 18.8 Å². The van der Waals surface area contributed by atoms with Gasteiger partial charge in [-0.3, -0.25) is 14.4 Å². The van der Waals surface area contributed by atoms with Crippen LogP contribution in [-0.2, 0) is 23.9 Å². The molecule has 3 saturated heterocycles. The van der Waals surface area contributed by atoms with E-state index in [1.165, 1.54) is 4.90 Å². The summed E-state index contributed by atoms with van der Waals surface area (Å²) in [6.07, 6.45) is 5.78. The zero-order valence-corrected chi connectivity index (χ0v) is 22.1. The molecule has 8 heteroatoms. The van der Waals surface area contributed by atoms with Crippen molar-refractivity contribution >= 4 is 23.5 Å². The number of hydrogen-bond donors (Lipinski definition) is 1. The number of para-hydroxylation sites is 1. The maximum absolute atomic E-state index is 14.4. The zero-order chi connectivity index (χ0) is 27.0. The quantitative estimate of drug-likeness (QED) is 0.279. The standard InChI is InChI=1S/C29H38N2O6/c1-6-8-9-18-36-27(35)22-21-25(33)31(16-17-32)24(29(21)14-13-28(22,5)37-29)26(34)30(15-7-2)23-19(3)11-10-12-20(23)4/h6-7,10-12,21-22,24,32H,1-2,8-9,13-18H2,3-5H3/t21-,22-,24?,28+,29?/m0/s1. The molecule has 200 valence electrons. The summed E-state index contributed by atoms with van der Waals surface area (Å²) in [6, 6.07) is 4.84. The van der Waals surface area contributed by atoms with Gasteiger partial charge in [0.05, 0.1) is 24.7 Å². The lowest BCUT2D eigenvalue weighted by atomic mass is 9.66. The minimum absolute atomic E-state index is 0.0245. The number of unbranched alkanes of at least 4 members (excludes halogenated alkanes) is 1. The summed E-state index contributed by atoms with van der Waals surface area (Å²) in [4.78, 5) is 44.7. The molecule has 37 heavy (non-hydrogen) atoms. The number of carbonyl (C=O) groups excluding carboxylic acids is 3. The zero-order valence-electron chi connectivity index (χ0n) is 22.1. The van der Waals surface area contributed by atoms with Gasteiger partial charge < -0.3 is 24.4 Å². The Hall–Kier alpha value is -2.97. The number of likely N-dealkylation sites (tertiary alicyclic amines) is 1. The number of esters is 1. The first kappa shape index (κ1) is 27.1. The van der Waals surface area contributed by atoms with Crippen molar-refractivity contribution in [1.82, 2.24) is 4.90 Å². The van der Waals surface area contributed by atoms with Crippen molar-refractivity contribution in [2.24, 2.45) is 11.8 Å². The highest BCUT2D eigenvalue weighted by Crippen LogP contribution is 2.63. The Morgan fingerprint density at radius 3 is 2.57 bits per heavy atom. The number of aryl methyl sites for hydroxylation is 2. The molecular weight excluding hydrogens is 472 g/mol. The van der Waals surface area contributed by atoms with Crippen molar-refractivity contribution in [3.8, 4) is 0 Å². The molecule has 8 nitrogen and oxygen atoms in total. The highest BCUT2D eigenvalue weighted by molar-refractivity contribution is 6.05. The summed E-state index contributed by atoms with van der Waals surface area (Å²) in [7, 11) is 0. The number of β-amino-alcohol motifs (C(OH)–C–C–N with tert-alkyl or cyclic N) is 1. The second-order valence-electron chi connectivity index (χ2n) is 10.6. The topological polar surface area (TPSA) is 96.4 Å². The number of nitrogens with zero attached hydrogens (tertiary/aromatic N) is 2. The van der Waals surface area contributed by atoms with Crippen LogP contribution in [0.3, 0.4) is 0 Å². The van der Waals surface area contributed by atoms with E-state index in [0.29, 0.717) is 19.3 Å². The highest BCUT2D eigenvalue weighted by atomic mass is 16.6. The summed E-state index contributed by atoms with van der Waals surface area (Å²) in [5.41, 5.74) is 0.541. The van der Waals surface area contributed by atoms with Gasteiger partial charge in [0.2, 0.25) is 5.91 Å². The van der Waals surface area contributed by atoms with Crippen molar-refractivity contribution in [1.29, 1.82) is 0 Å². The van der Waals surface area contributed by atoms with Gasteiger partial charge in [-0.1, -0.05) is 30.4 Å². The molecule has 1 N–H and O–H groups in total. The smallest absolute Gasteiger partial charge is 0.312 e. The molecule has 2 unspecified atom stereocenters. The van der Waals surface area contributed by atoms with E-state index in [1.54, 1.807) is 17.1 Å². The van der Waals surface area contributed by atoms with E-state index in [4.69, 9.17) is 9.47 Å². The van der Waals surface area contributed by atoms with Crippen LogP contribution in [0.2, 0.25) is 0 Å². The van der Waals surface area contributed by atoms with Crippen molar-refractivity contribution in [2.75, 3.05) is 31.2 Å². The van der Waals surface area contributed by atoms with Crippen LogP contribution in [0.5, 0.6) is 0 Å². The number of hydrogen-bond acceptors (Lipinski definition) is 6. The summed E-state index contributed by atoms with van der Waals surface area (Å²) < 4.78 is 12.2. The third kappa shape index (κ3) is 4.30. The molecule has 1 spiro atoms. The number of aliphatic hydroxyl groups excluding tert-OH is 1. The largest absolute Gasteiger partial charge is 0.465 e. The van der Waals surface area contributed by atoms with Crippen LogP contribution in [0.4, 0.5) is 5.69 Å². The Morgan fingerprint density at radius 1 is 1.24 bits per heavy atom. The molecule has 3 aliphatic rings. The van der Waals surface area contributed by atoms with E-state index >= 15 is 0 Å². The van der Waals surface area contributed by atoms with Gasteiger partial charge in [-0.05, 0) is 57.6 Å². The first-order valence-corrected chi connectivity index (χ1v) is 13.0. The molecule has 1 aromatic rings. The molecule has 0 radical (unpaired) electrons. The van der Waals surface area contributed by atoms with Crippen LogP contribution in [0, 0.1) is 25.7 Å². The first-order valence-electron chi connectivity index (χ1n) is 13.0. The van der Waals surface area contributed by atoms with Crippen molar-refractivity contribution < 1.29 is 29.0 Å². The molecule has 5 atom stereocenters. The highest BCUT2D eigenvalue weighted by Gasteiger charge is 2.78. The molecule has 2 amide bonds. The van der Waals surface area contributed by atoms with Crippen LogP contribution in [-0.4, -0.2) is 71.3 Å². The fraction of sp³-hybridized carbons (Fsp3) is 0.552. The average molecular weight is 511 g/mol. The van der Waals surface area contributed by atoms with Crippen LogP contribution < -0.4 is 4.90 Å². The minimum Gasteiger partial charge on any atom is -0.465 e. The van der Waals surface area contributed by atoms with Crippen LogP contribution >= 0.6 is 0 Å². The Balaban J connectivity index is 1.75. The van der Waals surface area contributed by atoms with E-state index in [-0.39, 0.29) is 38.1 Å². The van der Waals surface area contributed by atoms with E-state index in [9.17, 15) is 19.5 Å². The van der Waals surface area contributed by atoms with Crippen molar-refractivity contribution in [3.05, 3.63) is 54.6 Å². The van der Waals surface area contributed by atoms with Crippen LogP contribution in [0.25, 0.3) is 0 Å². The van der Waals surface area contributed by atoms with E-state index < -0.39 is 35.0 Å². The minimum atomic E-state index is -1.17. The lowest BCUT2D eigenvalue weighted by Gasteiger charge is -2.37. The molecule has 4 rings (SSSR count). The first-order chi connectivity index (χ1) is 17.7. The fourth-order valence-electron chi connectivity index (χ4n) is 6.70. The molecule has 3 heterocycles. The fourth-order valence-corrected chi connectivity index (χ4v) is 6.70. The lowest BCUT2D eigenvalue weighted by molar-refractivity contribution is -0.159. The number of allylic oxidation sites excluding steroid dienone is 1. The van der Waals surface area contributed by atoms with E-state index in [0.717, 1.165) is 23.2 Å². The maximum atomic E-state index is 14.4. The Labute approximate surface area is 218 Å². The summed E-state index contributed by atoms with van der Waals surface area (Å²) in [5, 5.41) is 9.84. The summed E-state index contributed by atoms with van der Waals surface area (Å²) >= 11 is 0. The number of benzene rings is 1. The van der Waals surface area contributed by atoms with Gasteiger partial charge in [0.1, 0.15) is 17.6 Å². The van der Waals surface area contributed by atoms with Gasteiger partial charge in [-0.15, -0.1) is 13.2 Å². The summed E-state index contributed by atoms with van der Waals surface area (Å²) in [6.45, 7) is 13.4. The van der Waals surface area contributed by atoms with Gasteiger partial charge in [-0.2, -0.15) is 0 Å². The molecule has 3 fully saturated rings. The molecule has 0 aliphatic carbocycles. The van der Waals surface area contributed by atoms with Crippen molar-refractivity contribution in [2.45, 2.75) is 63.7 Å². The van der Waals surface area contributed by atoms with Gasteiger partial charge in [0.25, 0.3) is 5.91 Å². The third-order valence-electron chi connectivity index (χ3n) is 8.19. The number of anilines is 1. The molecule has 0 saturated carbocycles. The molecule has 3 aliphatic heterocycles. The number of aliphatic hydroxyl groups is 1. The van der Waals surface area contributed by atoms with E-state index in [1.807, 2.05) is 39.0 Å². The number of fused-ring (bicyclic) bond motifs is 1. The lowest BCUT2D eigenvalue weighted by Crippen LogP contribution is -2.57.